The van der Waals surface area contributed by atoms with Gasteiger partial charge in [0, 0.05) is 28.8 Å². The first-order valence-electron chi connectivity index (χ1n) is 7.49. The van der Waals surface area contributed by atoms with Gasteiger partial charge in [-0.25, -0.2) is 5.43 Å². The van der Waals surface area contributed by atoms with Crippen molar-refractivity contribution in [1.82, 2.24) is 16.2 Å². The van der Waals surface area contributed by atoms with Crippen LogP contribution in [-0.4, -0.2) is 23.4 Å². The molecule has 1 aromatic heterocycles. The maximum absolute atomic E-state index is 12.4. The first-order chi connectivity index (χ1) is 11.6. The number of amides is 2. The standard InChI is InChI=1S/C16H18N4O2S2/c1-10(21)17-13(9-11-5-4-8-23-11)15(22)19-20-16-18-12-6-2-3-7-14(12)24-16/h2-8,13,16,18,20H,9H2,1H3,(H,17,21)(H,19,22)/t13-,16?/m0/s1. The van der Waals surface area contributed by atoms with E-state index in [0.717, 1.165) is 15.5 Å². The smallest absolute Gasteiger partial charge is 0.257 e. The number of hydrogen-bond donors (Lipinski definition) is 4. The van der Waals surface area contributed by atoms with Crippen LogP contribution in [0.5, 0.6) is 0 Å². The Bertz CT molecular complexity index is 696. The van der Waals surface area contributed by atoms with Gasteiger partial charge in [0.15, 0.2) is 0 Å². The summed E-state index contributed by atoms with van der Waals surface area (Å²) in [4.78, 5) is 26.0. The van der Waals surface area contributed by atoms with E-state index in [0.29, 0.717) is 6.42 Å². The highest BCUT2D eigenvalue weighted by Gasteiger charge is 2.24. The van der Waals surface area contributed by atoms with Crippen LogP contribution in [0.4, 0.5) is 5.69 Å². The fraction of sp³-hybridized carbons (Fsp3) is 0.250. The molecular weight excluding hydrogens is 344 g/mol. The molecule has 8 heteroatoms. The summed E-state index contributed by atoms with van der Waals surface area (Å²) < 4.78 is 0. The maximum atomic E-state index is 12.4. The molecule has 0 radical (unpaired) electrons. The molecule has 1 aliphatic heterocycles. The molecule has 1 aliphatic rings. The summed E-state index contributed by atoms with van der Waals surface area (Å²) in [5.74, 6) is -0.496. The molecule has 0 saturated heterocycles. The second-order valence-electron chi connectivity index (χ2n) is 5.31. The van der Waals surface area contributed by atoms with E-state index in [2.05, 4.69) is 21.5 Å². The van der Waals surface area contributed by atoms with Crippen LogP contribution >= 0.6 is 23.1 Å². The monoisotopic (exact) mass is 362 g/mol. The number of nitrogens with one attached hydrogen (secondary N) is 4. The molecule has 1 unspecified atom stereocenters. The van der Waals surface area contributed by atoms with Gasteiger partial charge in [-0.1, -0.05) is 30.0 Å². The molecule has 0 fully saturated rings. The average molecular weight is 362 g/mol. The van der Waals surface area contributed by atoms with Gasteiger partial charge in [-0.2, -0.15) is 0 Å². The summed E-state index contributed by atoms with van der Waals surface area (Å²) in [6, 6.07) is 11.2. The number of fused-ring (bicyclic) bond motifs is 1. The lowest BCUT2D eigenvalue weighted by Gasteiger charge is -2.19. The Kier molecular flexibility index (Phi) is 5.39. The van der Waals surface area contributed by atoms with Crippen molar-refractivity contribution in [3.8, 4) is 0 Å². The van der Waals surface area contributed by atoms with Gasteiger partial charge in [-0.15, -0.1) is 11.3 Å². The summed E-state index contributed by atoms with van der Waals surface area (Å²) in [7, 11) is 0. The summed E-state index contributed by atoms with van der Waals surface area (Å²) in [6.45, 7) is 1.41. The van der Waals surface area contributed by atoms with Crippen molar-refractivity contribution in [1.29, 1.82) is 0 Å². The zero-order valence-electron chi connectivity index (χ0n) is 13.0. The van der Waals surface area contributed by atoms with Crippen LogP contribution in [0.1, 0.15) is 11.8 Å². The third-order valence-electron chi connectivity index (χ3n) is 3.42. The van der Waals surface area contributed by atoms with Crippen LogP contribution in [0.25, 0.3) is 0 Å². The van der Waals surface area contributed by atoms with E-state index in [1.807, 2.05) is 41.8 Å². The lowest BCUT2D eigenvalue weighted by Crippen LogP contribution is -2.54. The number of thioether (sulfide) groups is 1. The van der Waals surface area contributed by atoms with Crippen molar-refractivity contribution >= 4 is 40.6 Å². The van der Waals surface area contributed by atoms with Crippen molar-refractivity contribution in [3.05, 3.63) is 46.7 Å². The topological polar surface area (TPSA) is 82.3 Å². The van der Waals surface area contributed by atoms with Crippen molar-refractivity contribution in [2.75, 3.05) is 5.32 Å². The fourth-order valence-corrected chi connectivity index (χ4v) is 4.08. The van der Waals surface area contributed by atoms with Gasteiger partial charge in [-0.05, 0) is 23.6 Å². The number of rotatable bonds is 6. The first kappa shape index (κ1) is 16.8. The first-order valence-corrected chi connectivity index (χ1v) is 9.25. The number of carbonyl (C=O) groups is 2. The lowest BCUT2D eigenvalue weighted by atomic mass is 10.1. The average Bonchev–Trinajstić information content (AvgIpc) is 3.20. The molecule has 0 aliphatic carbocycles. The van der Waals surface area contributed by atoms with Crippen LogP contribution in [0.2, 0.25) is 0 Å². The highest BCUT2D eigenvalue weighted by Crippen LogP contribution is 2.36. The number of benzene rings is 1. The molecule has 2 atom stereocenters. The molecule has 3 rings (SSSR count). The number of hydrazine groups is 1. The third kappa shape index (κ3) is 4.28. The Morgan fingerprint density at radius 2 is 2.08 bits per heavy atom. The van der Waals surface area contributed by atoms with E-state index in [9.17, 15) is 9.59 Å². The second kappa shape index (κ2) is 7.69. The minimum absolute atomic E-state index is 0.147. The van der Waals surface area contributed by atoms with Crippen molar-refractivity contribution in [2.45, 2.75) is 29.8 Å². The quantitative estimate of drug-likeness (QED) is 0.590. The van der Waals surface area contributed by atoms with E-state index in [1.54, 1.807) is 23.1 Å². The number of hydrogen-bond acceptors (Lipinski definition) is 6. The minimum atomic E-state index is -0.609. The van der Waals surface area contributed by atoms with E-state index in [4.69, 9.17) is 0 Å². The number of para-hydroxylation sites is 1. The van der Waals surface area contributed by atoms with Gasteiger partial charge in [0.2, 0.25) is 5.91 Å². The van der Waals surface area contributed by atoms with Crippen LogP contribution in [0, 0.1) is 0 Å². The van der Waals surface area contributed by atoms with Gasteiger partial charge in [-0.3, -0.25) is 15.0 Å². The van der Waals surface area contributed by atoms with Crippen molar-refractivity contribution in [2.24, 2.45) is 0 Å². The van der Waals surface area contributed by atoms with Crippen molar-refractivity contribution in [3.63, 3.8) is 0 Å². The van der Waals surface area contributed by atoms with Crippen LogP contribution in [0.15, 0.2) is 46.7 Å². The number of carbonyl (C=O) groups excluding carboxylic acids is 2. The fourth-order valence-electron chi connectivity index (χ4n) is 2.36. The highest BCUT2D eigenvalue weighted by molar-refractivity contribution is 8.00. The zero-order chi connectivity index (χ0) is 16.9. The molecule has 0 spiro atoms. The molecule has 24 heavy (non-hydrogen) atoms. The Labute approximate surface area is 148 Å². The van der Waals surface area contributed by atoms with Gasteiger partial charge in [0.05, 0.1) is 0 Å². The van der Waals surface area contributed by atoms with E-state index in [-0.39, 0.29) is 17.3 Å². The third-order valence-corrected chi connectivity index (χ3v) is 5.40. The van der Waals surface area contributed by atoms with Gasteiger partial charge < -0.3 is 10.6 Å². The molecule has 0 bridgehead atoms. The van der Waals surface area contributed by atoms with Gasteiger partial charge >= 0.3 is 0 Å². The lowest BCUT2D eigenvalue weighted by molar-refractivity contribution is -0.128. The molecule has 0 saturated carbocycles. The minimum Gasteiger partial charge on any atom is -0.359 e. The van der Waals surface area contributed by atoms with E-state index < -0.39 is 6.04 Å². The molecule has 1 aromatic carbocycles. The van der Waals surface area contributed by atoms with E-state index >= 15 is 0 Å². The Balaban J connectivity index is 1.55. The van der Waals surface area contributed by atoms with Crippen molar-refractivity contribution < 1.29 is 9.59 Å². The Hall–Kier alpha value is -2.03. The molecule has 126 valence electrons. The summed E-state index contributed by atoms with van der Waals surface area (Å²) in [5, 5.41) is 7.92. The molecule has 2 heterocycles. The zero-order valence-corrected chi connectivity index (χ0v) is 14.7. The van der Waals surface area contributed by atoms with Crippen LogP contribution < -0.4 is 21.5 Å². The van der Waals surface area contributed by atoms with Gasteiger partial charge in [0.25, 0.3) is 5.91 Å². The predicted molar refractivity (Wildman–Crippen MR) is 96.6 cm³/mol. The molecule has 4 N–H and O–H groups in total. The molecular formula is C16H18N4O2S2. The summed E-state index contributed by atoms with van der Waals surface area (Å²) in [5.41, 5.74) is 6.55. The number of anilines is 1. The van der Waals surface area contributed by atoms with Crippen LogP contribution in [-0.2, 0) is 16.0 Å². The Morgan fingerprint density at radius 1 is 1.25 bits per heavy atom. The molecule has 2 aromatic rings. The highest BCUT2D eigenvalue weighted by atomic mass is 32.2. The molecule has 6 nitrogen and oxygen atoms in total. The van der Waals surface area contributed by atoms with Crippen LogP contribution in [0.3, 0.4) is 0 Å². The summed E-state index contributed by atoms with van der Waals surface area (Å²) >= 11 is 3.15. The second-order valence-corrected chi connectivity index (χ2v) is 7.49. The number of thiophene rings is 1. The molecule has 2 amide bonds. The van der Waals surface area contributed by atoms with E-state index in [1.165, 1.54) is 6.92 Å². The predicted octanol–water partition coefficient (Wildman–Crippen LogP) is 1.92. The SMILES string of the molecule is CC(=O)N[C@@H](Cc1cccs1)C(=O)NNC1Nc2ccccc2S1. The maximum Gasteiger partial charge on any atom is 0.257 e. The normalized spacial score (nSPS) is 16.8. The summed E-state index contributed by atoms with van der Waals surface area (Å²) in [6.07, 6.45) is 0.468. The van der Waals surface area contributed by atoms with Gasteiger partial charge in [0.1, 0.15) is 11.5 Å². The largest absolute Gasteiger partial charge is 0.359 e. The Morgan fingerprint density at radius 3 is 2.79 bits per heavy atom.